The molecule has 0 aliphatic carbocycles. The molecule has 4 unspecified atom stereocenters. The van der Waals surface area contributed by atoms with E-state index in [9.17, 15) is 52.5 Å². The van der Waals surface area contributed by atoms with Crippen molar-refractivity contribution in [2.24, 2.45) is 0 Å². The summed E-state index contributed by atoms with van der Waals surface area (Å²) < 4.78 is 81.8. The Morgan fingerprint density at radius 3 is 1.95 bits per heavy atom. The summed E-state index contributed by atoms with van der Waals surface area (Å²) >= 11 is 0. The van der Waals surface area contributed by atoms with Crippen LogP contribution in [0.4, 0.5) is 5.95 Å². The lowest BCUT2D eigenvalue weighted by atomic mass is 10.1. The zero-order valence-corrected chi connectivity index (χ0v) is 23.9. The van der Waals surface area contributed by atoms with Crippen molar-refractivity contribution in [3.8, 4) is 0 Å². The number of nitrogens with zero attached hydrogens (tertiary/aromatic N) is 3. The van der Waals surface area contributed by atoms with Crippen molar-refractivity contribution in [2.45, 2.75) is 24.5 Å². The monoisotopic (exact) mass is 700 g/mol. The number of H-pyrrole nitrogens is 1. The molecule has 3 heterocycles. The number of aromatic nitrogens is 4. The Kier molecular flexibility index (Phi) is 10.8. The molecule has 3 rings (SSSR count). The van der Waals surface area contributed by atoms with Crippen LogP contribution in [0.15, 0.2) is 11.1 Å². The van der Waals surface area contributed by atoms with Gasteiger partial charge < -0.3 is 56.2 Å². The molecular formula is C10H21N6O20P5. The van der Waals surface area contributed by atoms with Crippen LogP contribution in [0.25, 0.3) is 11.2 Å². The number of imidazole rings is 1. The van der Waals surface area contributed by atoms with Gasteiger partial charge in [0.2, 0.25) is 5.95 Å². The third kappa shape index (κ3) is 9.60. The van der Waals surface area contributed by atoms with Crippen LogP contribution in [0.2, 0.25) is 0 Å². The number of phosphoric acid groups is 5. The van der Waals surface area contributed by atoms with Gasteiger partial charge in [0, 0.05) is 0 Å². The quantitative estimate of drug-likeness (QED) is 0.107. The Hall–Kier alpha value is -1.30. The van der Waals surface area contributed by atoms with Crippen LogP contribution in [0.5, 0.6) is 0 Å². The van der Waals surface area contributed by atoms with E-state index in [1.165, 1.54) is 0 Å². The minimum absolute atomic E-state index is 0. The van der Waals surface area contributed by atoms with E-state index >= 15 is 0 Å². The van der Waals surface area contributed by atoms with E-state index < -0.39 is 75.8 Å². The van der Waals surface area contributed by atoms with Gasteiger partial charge >= 0.3 is 39.1 Å². The van der Waals surface area contributed by atoms with Crippen LogP contribution in [-0.4, -0.2) is 84.0 Å². The van der Waals surface area contributed by atoms with Crippen LogP contribution in [-0.2, 0) is 49.3 Å². The summed E-state index contributed by atoms with van der Waals surface area (Å²) in [6, 6.07) is 0. The van der Waals surface area contributed by atoms with Crippen molar-refractivity contribution >= 4 is 56.2 Å². The molecule has 0 amide bonds. The number of hydrogen-bond acceptors (Lipinski definition) is 18. The van der Waals surface area contributed by atoms with Gasteiger partial charge in [-0.2, -0.15) is 22.2 Å². The van der Waals surface area contributed by atoms with Gasteiger partial charge in [-0.1, -0.05) is 0 Å². The number of ether oxygens (including phenoxy) is 1. The second-order valence-electron chi connectivity index (χ2n) is 7.31. The number of hydrogen-bond donors (Lipinski definition) is 11. The predicted molar refractivity (Wildman–Crippen MR) is 125 cm³/mol. The van der Waals surface area contributed by atoms with E-state index in [2.05, 4.69) is 36.7 Å². The zero-order chi connectivity index (χ0) is 30.5. The average Bonchev–Trinajstić information content (AvgIpc) is 3.23. The lowest BCUT2D eigenvalue weighted by Crippen LogP contribution is -2.33. The first-order valence-corrected chi connectivity index (χ1v) is 17.1. The largest absolute Gasteiger partial charge is 0.490 e. The number of nitrogen functional groups attached to an aromatic ring is 1. The second-order valence-corrected chi connectivity index (χ2v) is 14.9. The molecule has 0 saturated carbocycles. The molecule has 0 spiro atoms. The maximum atomic E-state index is 12.1. The number of rotatable bonds is 12. The Balaban J connectivity index is 0.00000588. The third-order valence-corrected chi connectivity index (χ3v) is 11.4. The maximum Gasteiger partial charge on any atom is 0.490 e. The molecule has 2 aromatic heterocycles. The van der Waals surface area contributed by atoms with E-state index in [0.29, 0.717) is 0 Å². The van der Waals surface area contributed by atoms with Crippen LogP contribution in [0, 0.1) is 0 Å². The molecule has 1 saturated heterocycles. The lowest BCUT2D eigenvalue weighted by Gasteiger charge is -2.20. The molecule has 1 aliphatic heterocycles. The standard InChI is InChI=1S/C10H18N5O20P5.H3N/c11-10-13-7-4(8(18)14-10)12-2-15(7)9-6(17)5(16)3(31-9)1-30-37(22,23)33-39(26,27)35-40(28,29)34-38(24,25)32-36(19,20)21;/h2-3,5-6,9,16-17H,1H2,(H,22,23)(H,24,25)(H,26,27)(H,28,29)(H2,19,20,21)(H3,11,13,14,18);1H3/t3-,5-,6-,9-;/m1./s1. The number of aliphatic hydroxyl groups excluding tert-OH is 2. The summed E-state index contributed by atoms with van der Waals surface area (Å²) in [7, 11) is -30.2. The Morgan fingerprint density at radius 2 is 1.41 bits per heavy atom. The van der Waals surface area contributed by atoms with E-state index in [-0.39, 0.29) is 23.3 Å². The summed E-state index contributed by atoms with van der Waals surface area (Å²) in [6.45, 7) is -1.18. The van der Waals surface area contributed by atoms with Gasteiger partial charge in [-0.05, 0) is 0 Å². The highest BCUT2D eigenvalue weighted by Crippen LogP contribution is 2.73. The van der Waals surface area contributed by atoms with Crippen molar-refractivity contribution in [1.29, 1.82) is 0 Å². The van der Waals surface area contributed by atoms with Gasteiger partial charge in [0.05, 0.1) is 12.9 Å². The first-order valence-electron chi connectivity index (χ1n) is 9.60. The SMILES string of the molecule is N.Nc1nc2c(ncn2[C@@H]2O[C@H](COP(=O)(O)OP(=O)(O)OP(=O)(O)OP(=O)(O)OP(=O)(O)O)[C@@H](O)[C@H]2O)c(=O)[nH]1. The fourth-order valence-electron chi connectivity index (χ4n) is 2.99. The number of phosphoric ester groups is 1. The molecule has 0 radical (unpaired) electrons. The molecule has 236 valence electrons. The van der Waals surface area contributed by atoms with Crippen LogP contribution in [0.1, 0.15) is 6.23 Å². The van der Waals surface area contributed by atoms with Gasteiger partial charge in [-0.25, -0.2) is 27.8 Å². The van der Waals surface area contributed by atoms with E-state index in [0.717, 1.165) is 10.9 Å². The number of anilines is 1. The van der Waals surface area contributed by atoms with Crippen LogP contribution in [0.3, 0.4) is 0 Å². The molecule has 2 aromatic rings. The summed E-state index contributed by atoms with van der Waals surface area (Å²) in [5.74, 6) is -0.338. The minimum atomic E-state index is -6.28. The number of aliphatic hydroxyl groups is 2. The molecule has 1 fully saturated rings. The highest BCUT2D eigenvalue weighted by molar-refractivity contribution is 7.71. The van der Waals surface area contributed by atoms with E-state index in [1.807, 2.05) is 0 Å². The summed E-state index contributed by atoms with van der Waals surface area (Å²) in [4.78, 5) is 76.0. The number of fused-ring (bicyclic) bond motifs is 1. The number of nitrogens with one attached hydrogen (secondary N) is 1. The fraction of sp³-hybridized carbons (Fsp3) is 0.500. The van der Waals surface area contributed by atoms with Crippen LogP contribution >= 0.6 is 39.1 Å². The van der Waals surface area contributed by atoms with E-state index in [4.69, 9.17) is 25.2 Å². The average molecular weight is 700 g/mol. The molecule has 41 heavy (non-hydrogen) atoms. The van der Waals surface area contributed by atoms with Gasteiger partial charge in [-0.3, -0.25) is 18.9 Å². The molecule has 0 bridgehead atoms. The summed E-state index contributed by atoms with van der Waals surface area (Å²) in [5.41, 5.74) is 4.29. The van der Waals surface area contributed by atoms with Gasteiger partial charge in [0.15, 0.2) is 17.4 Å². The zero-order valence-electron chi connectivity index (χ0n) is 19.4. The van der Waals surface area contributed by atoms with Crippen LogP contribution < -0.4 is 17.4 Å². The normalized spacial score (nSPS) is 27.3. The predicted octanol–water partition coefficient (Wildman–Crippen LogP) is -1.94. The highest BCUT2D eigenvalue weighted by atomic mass is 31.3. The molecule has 1 aliphatic rings. The minimum Gasteiger partial charge on any atom is -0.387 e. The van der Waals surface area contributed by atoms with Gasteiger partial charge in [0.1, 0.15) is 18.3 Å². The molecule has 14 N–H and O–H groups in total. The number of aromatic amines is 1. The first-order chi connectivity index (χ1) is 18.0. The van der Waals surface area contributed by atoms with Crippen molar-refractivity contribution in [3.05, 3.63) is 16.7 Å². The second kappa shape index (κ2) is 12.4. The van der Waals surface area contributed by atoms with Crippen molar-refractivity contribution < 1.29 is 88.9 Å². The molecular weight excluding hydrogens is 679 g/mol. The molecule has 26 nitrogen and oxygen atoms in total. The van der Waals surface area contributed by atoms with Crippen molar-refractivity contribution in [1.82, 2.24) is 25.7 Å². The maximum absolute atomic E-state index is 12.1. The van der Waals surface area contributed by atoms with E-state index in [1.54, 1.807) is 0 Å². The topological polar surface area (TPSA) is 427 Å². The third-order valence-electron chi connectivity index (χ3n) is 4.29. The Labute approximate surface area is 224 Å². The fourth-order valence-corrected chi connectivity index (χ4v) is 8.88. The van der Waals surface area contributed by atoms with Crippen molar-refractivity contribution in [3.63, 3.8) is 0 Å². The first kappa shape index (κ1) is 35.9. The smallest absolute Gasteiger partial charge is 0.387 e. The highest BCUT2D eigenvalue weighted by Gasteiger charge is 2.49. The number of nitrogens with two attached hydrogens (primary N) is 1. The van der Waals surface area contributed by atoms with Crippen molar-refractivity contribution in [2.75, 3.05) is 12.3 Å². The lowest BCUT2D eigenvalue weighted by molar-refractivity contribution is -0.0503. The molecule has 31 heteroatoms. The molecule has 8 atom stereocenters. The van der Waals surface area contributed by atoms with Gasteiger partial charge in [-0.15, -0.1) is 0 Å². The Morgan fingerprint density at radius 1 is 0.902 bits per heavy atom. The summed E-state index contributed by atoms with van der Waals surface area (Å²) in [6.07, 6.45) is -5.91. The Bertz CT molecular complexity index is 1570. The van der Waals surface area contributed by atoms with Gasteiger partial charge in [0.25, 0.3) is 5.56 Å². The summed E-state index contributed by atoms with van der Waals surface area (Å²) in [5, 5.41) is 20.6. The molecule has 0 aromatic carbocycles.